The lowest BCUT2D eigenvalue weighted by Gasteiger charge is -2.22. The van der Waals surface area contributed by atoms with Gasteiger partial charge in [-0.2, -0.15) is 0 Å². The molecule has 0 aliphatic rings. The van der Waals surface area contributed by atoms with Crippen molar-refractivity contribution in [2.24, 2.45) is 5.73 Å². The van der Waals surface area contributed by atoms with Gasteiger partial charge in [-0.1, -0.05) is 12.1 Å². The molecular formula is C14H19N3O5. The molecule has 22 heavy (non-hydrogen) atoms. The number of non-ortho nitro benzene ring substituents is 1. The third-order valence-corrected chi connectivity index (χ3v) is 2.62. The van der Waals surface area contributed by atoms with Gasteiger partial charge in [0.05, 0.1) is 4.92 Å². The van der Waals surface area contributed by atoms with E-state index in [0.717, 1.165) is 0 Å². The quantitative estimate of drug-likeness (QED) is 0.630. The number of nitro groups is 1. The molecule has 0 bridgehead atoms. The van der Waals surface area contributed by atoms with Gasteiger partial charge in [0.1, 0.15) is 11.6 Å². The van der Waals surface area contributed by atoms with Crippen LogP contribution in [-0.4, -0.2) is 28.6 Å². The van der Waals surface area contributed by atoms with E-state index in [4.69, 9.17) is 10.5 Å². The first-order valence-electron chi connectivity index (χ1n) is 6.60. The first-order valence-corrected chi connectivity index (χ1v) is 6.60. The van der Waals surface area contributed by atoms with Crippen LogP contribution in [0.2, 0.25) is 0 Å². The number of nitrogens with two attached hydrogens (primary N) is 1. The van der Waals surface area contributed by atoms with Crippen LogP contribution in [0.4, 0.5) is 10.5 Å². The molecule has 0 radical (unpaired) electrons. The number of primary amides is 1. The maximum absolute atomic E-state index is 11.7. The number of alkyl carbamates (subject to hydrolysis) is 1. The molecule has 0 aliphatic heterocycles. The Labute approximate surface area is 127 Å². The highest BCUT2D eigenvalue weighted by molar-refractivity contribution is 5.84. The average Bonchev–Trinajstić information content (AvgIpc) is 2.36. The van der Waals surface area contributed by atoms with E-state index in [-0.39, 0.29) is 12.1 Å². The van der Waals surface area contributed by atoms with Gasteiger partial charge in [-0.3, -0.25) is 14.9 Å². The van der Waals surface area contributed by atoms with Gasteiger partial charge in [-0.25, -0.2) is 4.79 Å². The van der Waals surface area contributed by atoms with Crippen LogP contribution in [-0.2, 0) is 16.0 Å². The number of nitrogens with zero attached hydrogens (tertiary/aromatic N) is 1. The van der Waals surface area contributed by atoms with Crippen molar-refractivity contribution in [3.05, 3.63) is 39.9 Å². The maximum Gasteiger partial charge on any atom is 0.408 e. The second-order valence-electron chi connectivity index (χ2n) is 5.73. The van der Waals surface area contributed by atoms with Crippen LogP contribution in [0.15, 0.2) is 24.3 Å². The van der Waals surface area contributed by atoms with Crippen LogP contribution < -0.4 is 11.1 Å². The molecule has 8 nitrogen and oxygen atoms in total. The Kier molecular flexibility index (Phi) is 5.44. The number of hydrogen-bond donors (Lipinski definition) is 2. The fourth-order valence-electron chi connectivity index (χ4n) is 1.66. The molecule has 0 heterocycles. The molecule has 3 N–H and O–H groups in total. The van der Waals surface area contributed by atoms with Crippen LogP contribution >= 0.6 is 0 Å². The topological polar surface area (TPSA) is 125 Å². The van der Waals surface area contributed by atoms with Gasteiger partial charge in [0.15, 0.2) is 0 Å². The maximum atomic E-state index is 11.7. The summed E-state index contributed by atoms with van der Waals surface area (Å²) in [6.45, 7) is 5.09. The van der Waals surface area contributed by atoms with Crippen molar-refractivity contribution < 1.29 is 19.2 Å². The van der Waals surface area contributed by atoms with Crippen LogP contribution in [0.5, 0.6) is 0 Å². The van der Waals surface area contributed by atoms with Crippen LogP contribution in [0.25, 0.3) is 0 Å². The summed E-state index contributed by atoms with van der Waals surface area (Å²) >= 11 is 0. The van der Waals surface area contributed by atoms with E-state index in [1.54, 1.807) is 20.8 Å². The van der Waals surface area contributed by atoms with E-state index in [0.29, 0.717) is 5.56 Å². The molecule has 0 saturated heterocycles. The highest BCUT2D eigenvalue weighted by atomic mass is 16.6. The van der Waals surface area contributed by atoms with Crippen molar-refractivity contribution in [1.29, 1.82) is 0 Å². The van der Waals surface area contributed by atoms with Gasteiger partial charge >= 0.3 is 6.09 Å². The predicted molar refractivity (Wildman–Crippen MR) is 79.2 cm³/mol. The van der Waals surface area contributed by atoms with Gasteiger partial charge in [-0.15, -0.1) is 0 Å². The van der Waals surface area contributed by atoms with Gasteiger partial charge in [-0.05, 0) is 26.3 Å². The second kappa shape index (κ2) is 6.88. The summed E-state index contributed by atoms with van der Waals surface area (Å²) in [6.07, 6.45) is -0.634. The van der Waals surface area contributed by atoms with Crippen molar-refractivity contribution >= 4 is 17.7 Å². The van der Waals surface area contributed by atoms with E-state index < -0.39 is 28.6 Å². The normalized spacial score (nSPS) is 12.3. The first kappa shape index (κ1) is 17.4. The third-order valence-electron chi connectivity index (χ3n) is 2.62. The molecule has 0 unspecified atom stereocenters. The molecule has 0 aliphatic carbocycles. The Bertz CT molecular complexity index is 563. The largest absolute Gasteiger partial charge is 0.444 e. The molecule has 120 valence electrons. The molecule has 0 spiro atoms. The van der Waals surface area contributed by atoms with Gasteiger partial charge in [0, 0.05) is 18.6 Å². The SMILES string of the molecule is CC(C)(C)OC(=O)N[C@H](Cc1ccc([N+](=O)[O-])cc1)C(N)=O. The zero-order valence-electron chi connectivity index (χ0n) is 12.7. The van der Waals surface area contributed by atoms with Crippen molar-refractivity contribution in [2.45, 2.75) is 38.8 Å². The summed E-state index contributed by atoms with van der Waals surface area (Å²) in [5.74, 6) is -0.718. The highest BCUT2D eigenvalue weighted by Crippen LogP contribution is 2.13. The minimum Gasteiger partial charge on any atom is -0.444 e. The molecule has 1 rings (SSSR count). The summed E-state index contributed by atoms with van der Waals surface area (Å²) in [4.78, 5) is 33.2. The zero-order valence-corrected chi connectivity index (χ0v) is 12.7. The lowest BCUT2D eigenvalue weighted by atomic mass is 10.1. The Hall–Kier alpha value is -2.64. The van der Waals surface area contributed by atoms with Gasteiger partial charge < -0.3 is 15.8 Å². The third kappa shape index (κ3) is 5.78. The smallest absolute Gasteiger partial charge is 0.408 e. The van der Waals surface area contributed by atoms with Crippen molar-refractivity contribution in [1.82, 2.24) is 5.32 Å². The lowest BCUT2D eigenvalue weighted by Crippen LogP contribution is -2.47. The number of amides is 2. The number of nitro benzene ring substituents is 1. The molecule has 8 heteroatoms. The molecular weight excluding hydrogens is 290 g/mol. The summed E-state index contributed by atoms with van der Waals surface area (Å²) in [5, 5.41) is 13.0. The number of hydrogen-bond acceptors (Lipinski definition) is 5. The van der Waals surface area contributed by atoms with Crippen LogP contribution in [0, 0.1) is 10.1 Å². The molecule has 0 fully saturated rings. The standard InChI is InChI=1S/C14H19N3O5/c1-14(2,3)22-13(19)16-11(12(15)18)8-9-4-6-10(7-5-9)17(20)21/h4-7,11H,8H2,1-3H3,(H2,15,18)(H,16,19)/t11-/m1/s1. The van der Waals surface area contributed by atoms with E-state index >= 15 is 0 Å². The molecule has 0 saturated carbocycles. The number of rotatable bonds is 5. The Balaban J connectivity index is 2.74. The summed E-state index contributed by atoms with van der Waals surface area (Å²) < 4.78 is 5.06. The fraction of sp³-hybridized carbons (Fsp3) is 0.429. The highest BCUT2D eigenvalue weighted by Gasteiger charge is 2.23. The van der Waals surface area contributed by atoms with E-state index in [1.807, 2.05) is 0 Å². The molecule has 1 atom stereocenters. The fourth-order valence-corrected chi connectivity index (χ4v) is 1.66. The summed E-state index contributed by atoms with van der Waals surface area (Å²) in [6, 6.07) is 4.69. The second-order valence-corrected chi connectivity index (χ2v) is 5.73. The molecule has 2 amide bonds. The monoisotopic (exact) mass is 309 g/mol. The van der Waals surface area contributed by atoms with Gasteiger partial charge in [0.25, 0.3) is 5.69 Å². The Morgan fingerprint density at radius 2 is 1.86 bits per heavy atom. The van der Waals surface area contributed by atoms with E-state index in [9.17, 15) is 19.7 Å². The number of carbonyl (C=O) groups is 2. The molecule has 0 aromatic heterocycles. The number of nitrogens with one attached hydrogen (secondary N) is 1. The zero-order chi connectivity index (χ0) is 16.9. The average molecular weight is 309 g/mol. The van der Waals surface area contributed by atoms with Crippen LogP contribution in [0.3, 0.4) is 0 Å². The number of benzene rings is 1. The number of ether oxygens (including phenoxy) is 1. The minimum atomic E-state index is -0.962. The minimum absolute atomic E-state index is 0.0560. The summed E-state index contributed by atoms with van der Waals surface area (Å²) in [5.41, 5.74) is 5.14. The lowest BCUT2D eigenvalue weighted by molar-refractivity contribution is -0.384. The van der Waals surface area contributed by atoms with Crippen molar-refractivity contribution in [3.63, 3.8) is 0 Å². The summed E-state index contributed by atoms with van der Waals surface area (Å²) in [7, 11) is 0. The molecule has 1 aromatic rings. The Morgan fingerprint density at radius 1 is 1.32 bits per heavy atom. The van der Waals surface area contributed by atoms with Crippen LogP contribution in [0.1, 0.15) is 26.3 Å². The van der Waals surface area contributed by atoms with Crippen molar-refractivity contribution in [2.75, 3.05) is 0 Å². The van der Waals surface area contributed by atoms with Crippen molar-refractivity contribution in [3.8, 4) is 0 Å². The Morgan fingerprint density at radius 3 is 2.27 bits per heavy atom. The van der Waals surface area contributed by atoms with E-state index in [1.165, 1.54) is 24.3 Å². The molecule has 1 aromatic carbocycles. The number of carbonyl (C=O) groups excluding carboxylic acids is 2. The van der Waals surface area contributed by atoms with Gasteiger partial charge in [0.2, 0.25) is 5.91 Å². The van der Waals surface area contributed by atoms with E-state index in [2.05, 4.69) is 5.32 Å². The predicted octanol–water partition coefficient (Wildman–Crippen LogP) is 1.52. The first-order chi connectivity index (χ1) is 10.1.